The monoisotopic (exact) mass is 468 g/mol. The van der Waals surface area contributed by atoms with Crippen molar-refractivity contribution < 1.29 is 22.1 Å². The minimum absolute atomic E-state index is 0.0391. The summed E-state index contributed by atoms with van der Waals surface area (Å²) in [7, 11) is -3.70. The third-order valence-corrected chi connectivity index (χ3v) is 9.19. The summed E-state index contributed by atoms with van der Waals surface area (Å²) in [5.74, 6) is 0.915. The molecule has 2 aromatic rings. The second-order valence-corrected chi connectivity index (χ2v) is 11.9. The second kappa shape index (κ2) is 8.88. The number of cyclic esters (lactones) is 1. The molecule has 0 N–H and O–H groups in total. The molecule has 2 fully saturated rings. The Morgan fingerprint density at radius 3 is 2.67 bits per heavy atom. The molecule has 3 atom stereocenters. The maximum atomic E-state index is 12.4. The number of aryl methyl sites for hydroxylation is 2. The summed E-state index contributed by atoms with van der Waals surface area (Å²) in [4.78, 5) is 11.8. The Morgan fingerprint density at radius 2 is 1.91 bits per heavy atom. The Kier molecular flexibility index (Phi) is 6.08. The fourth-order valence-electron chi connectivity index (χ4n) is 5.87. The van der Waals surface area contributed by atoms with Crippen LogP contribution in [0.3, 0.4) is 0 Å². The second-order valence-electron chi connectivity index (χ2n) is 10.3. The van der Waals surface area contributed by atoms with Crippen LogP contribution in [0.15, 0.2) is 47.4 Å². The van der Waals surface area contributed by atoms with Gasteiger partial charge in [-0.1, -0.05) is 35.9 Å². The Bertz CT molecular complexity index is 1140. The number of carbonyl (C=O) groups excluding carboxylic acids is 1. The van der Waals surface area contributed by atoms with Gasteiger partial charge in [0, 0.05) is 5.41 Å². The Labute approximate surface area is 196 Å². The molecule has 1 aliphatic heterocycles. The first-order valence-corrected chi connectivity index (χ1v) is 13.5. The molecule has 3 aliphatic rings. The average molecular weight is 469 g/mol. The van der Waals surface area contributed by atoms with Crippen LogP contribution >= 0.6 is 0 Å². The molecular formula is C27H32O5S. The lowest BCUT2D eigenvalue weighted by Crippen LogP contribution is -2.18. The molecule has 176 valence electrons. The zero-order valence-corrected chi connectivity index (χ0v) is 20.0. The third kappa shape index (κ3) is 4.87. The van der Waals surface area contributed by atoms with Crippen molar-refractivity contribution in [2.45, 2.75) is 69.1 Å². The van der Waals surface area contributed by atoms with Crippen molar-refractivity contribution in [3.8, 4) is 0 Å². The molecule has 0 bridgehead atoms. The van der Waals surface area contributed by atoms with Gasteiger partial charge in [-0.2, -0.15) is 8.42 Å². The summed E-state index contributed by atoms with van der Waals surface area (Å²) in [5, 5.41) is 0. The number of hydrogen-bond donors (Lipinski definition) is 0. The molecule has 33 heavy (non-hydrogen) atoms. The van der Waals surface area contributed by atoms with E-state index in [4.69, 9.17) is 8.92 Å². The predicted octanol–water partition coefficient (Wildman–Crippen LogP) is 5.10. The van der Waals surface area contributed by atoms with E-state index in [0.29, 0.717) is 24.9 Å². The van der Waals surface area contributed by atoms with E-state index in [1.807, 2.05) is 6.92 Å². The summed E-state index contributed by atoms with van der Waals surface area (Å²) in [6.45, 7) is 2.74. The zero-order valence-electron chi connectivity index (χ0n) is 19.2. The van der Waals surface area contributed by atoms with Gasteiger partial charge in [-0.15, -0.1) is 0 Å². The summed E-state index contributed by atoms with van der Waals surface area (Å²) in [6, 6.07) is 13.7. The standard InChI is InChI=1S/C27H32O5S/c1-19-2-8-25(9-3-19)33(29,30)32-13-11-20-4-5-22-15-23(7-6-21(22)14-20)24-10-12-27(16-24)17-26(28)31-18-27/h2-3,6-9,15,20,24H,4-5,10-14,16-18H2,1H3/t20-,24+,27+/m1/s1. The van der Waals surface area contributed by atoms with Crippen LogP contribution in [0, 0.1) is 18.3 Å². The molecule has 0 radical (unpaired) electrons. The van der Waals surface area contributed by atoms with Gasteiger partial charge in [0.15, 0.2) is 0 Å². The highest BCUT2D eigenvalue weighted by Crippen LogP contribution is 2.51. The number of hydrogen-bond acceptors (Lipinski definition) is 5. The van der Waals surface area contributed by atoms with E-state index < -0.39 is 10.1 Å². The summed E-state index contributed by atoms with van der Waals surface area (Å²) >= 11 is 0. The van der Waals surface area contributed by atoms with E-state index in [1.165, 1.54) is 16.7 Å². The highest BCUT2D eigenvalue weighted by Gasteiger charge is 2.46. The average Bonchev–Trinajstić information content (AvgIpc) is 3.38. The fourth-order valence-corrected chi connectivity index (χ4v) is 6.79. The van der Waals surface area contributed by atoms with Crippen LogP contribution in [-0.4, -0.2) is 27.6 Å². The maximum Gasteiger partial charge on any atom is 0.306 e. The number of fused-ring (bicyclic) bond motifs is 1. The molecule has 1 saturated heterocycles. The van der Waals surface area contributed by atoms with Gasteiger partial charge < -0.3 is 4.74 Å². The molecule has 6 heteroatoms. The molecule has 0 amide bonds. The highest BCUT2D eigenvalue weighted by atomic mass is 32.2. The van der Waals surface area contributed by atoms with Gasteiger partial charge in [-0.25, -0.2) is 0 Å². The highest BCUT2D eigenvalue weighted by molar-refractivity contribution is 7.86. The van der Waals surface area contributed by atoms with Gasteiger partial charge in [0.05, 0.1) is 24.5 Å². The van der Waals surface area contributed by atoms with Crippen LogP contribution in [0.25, 0.3) is 0 Å². The van der Waals surface area contributed by atoms with Crippen LogP contribution in [0.2, 0.25) is 0 Å². The summed E-state index contributed by atoms with van der Waals surface area (Å²) in [5.41, 5.74) is 5.30. The van der Waals surface area contributed by atoms with Crippen molar-refractivity contribution in [2.24, 2.45) is 11.3 Å². The topological polar surface area (TPSA) is 69.7 Å². The van der Waals surface area contributed by atoms with Gasteiger partial charge in [0.25, 0.3) is 10.1 Å². The first-order valence-electron chi connectivity index (χ1n) is 12.1. The number of carbonyl (C=O) groups is 1. The Balaban J connectivity index is 1.16. The van der Waals surface area contributed by atoms with Crippen molar-refractivity contribution in [3.05, 3.63) is 64.7 Å². The lowest BCUT2D eigenvalue weighted by Gasteiger charge is -2.26. The van der Waals surface area contributed by atoms with E-state index >= 15 is 0 Å². The van der Waals surface area contributed by atoms with Gasteiger partial charge in [0.1, 0.15) is 0 Å². The minimum atomic E-state index is -3.70. The third-order valence-electron chi connectivity index (χ3n) is 7.87. The minimum Gasteiger partial charge on any atom is -0.465 e. The van der Waals surface area contributed by atoms with Gasteiger partial charge >= 0.3 is 5.97 Å². The van der Waals surface area contributed by atoms with Gasteiger partial charge in [-0.3, -0.25) is 8.98 Å². The van der Waals surface area contributed by atoms with Crippen LogP contribution < -0.4 is 0 Å². The quantitative estimate of drug-likeness (QED) is 0.436. The molecule has 0 unspecified atom stereocenters. The van der Waals surface area contributed by atoms with Crippen molar-refractivity contribution >= 4 is 16.1 Å². The SMILES string of the molecule is Cc1ccc(S(=O)(=O)OCC[C@H]2CCc3cc([C@H]4CC[C@]5(COC(=O)C5)C4)ccc3C2)cc1. The van der Waals surface area contributed by atoms with E-state index in [-0.39, 0.29) is 22.9 Å². The van der Waals surface area contributed by atoms with E-state index in [0.717, 1.165) is 50.5 Å². The molecule has 2 aromatic carbocycles. The van der Waals surface area contributed by atoms with Crippen LogP contribution in [0.5, 0.6) is 0 Å². The van der Waals surface area contributed by atoms with Gasteiger partial charge in [-0.05, 0) is 92.5 Å². The Hall–Kier alpha value is -2.18. The smallest absolute Gasteiger partial charge is 0.306 e. The molecule has 1 heterocycles. The van der Waals surface area contributed by atoms with Crippen molar-refractivity contribution in [1.82, 2.24) is 0 Å². The number of rotatable bonds is 6. The summed E-state index contributed by atoms with van der Waals surface area (Å²) in [6.07, 6.45) is 7.63. The van der Waals surface area contributed by atoms with E-state index in [1.54, 1.807) is 24.3 Å². The van der Waals surface area contributed by atoms with Crippen LogP contribution in [-0.2, 0) is 36.7 Å². The van der Waals surface area contributed by atoms with E-state index in [9.17, 15) is 13.2 Å². The number of benzene rings is 2. The Morgan fingerprint density at radius 1 is 1.09 bits per heavy atom. The molecule has 1 saturated carbocycles. The molecule has 1 spiro atoms. The van der Waals surface area contributed by atoms with Crippen molar-refractivity contribution in [2.75, 3.05) is 13.2 Å². The van der Waals surface area contributed by atoms with Crippen LogP contribution in [0.1, 0.15) is 66.7 Å². The van der Waals surface area contributed by atoms with Crippen molar-refractivity contribution in [3.63, 3.8) is 0 Å². The zero-order chi connectivity index (χ0) is 23.1. The first-order chi connectivity index (χ1) is 15.8. The molecule has 0 aromatic heterocycles. The normalized spacial score (nSPS) is 27.0. The van der Waals surface area contributed by atoms with Crippen molar-refractivity contribution in [1.29, 1.82) is 0 Å². The lowest BCUT2D eigenvalue weighted by molar-refractivity contribution is -0.137. The number of ether oxygens (including phenoxy) is 1. The largest absolute Gasteiger partial charge is 0.465 e. The molecule has 5 nitrogen and oxygen atoms in total. The molecular weight excluding hydrogens is 436 g/mol. The molecule has 2 aliphatic carbocycles. The predicted molar refractivity (Wildman–Crippen MR) is 125 cm³/mol. The number of esters is 1. The first kappa shape index (κ1) is 22.6. The van der Waals surface area contributed by atoms with Crippen LogP contribution in [0.4, 0.5) is 0 Å². The van der Waals surface area contributed by atoms with Gasteiger partial charge in [0.2, 0.25) is 0 Å². The van der Waals surface area contributed by atoms with E-state index in [2.05, 4.69) is 18.2 Å². The summed E-state index contributed by atoms with van der Waals surface area (Å²) < 4.78 is 35.4. The fraction of sp³-hybridized carbons (Fsp3) is 0.519. The maximum absolute atomic E-state index is 12.4. The lowest BCUT2D eigenvalue weighted by atomic mass is 9.79. The molecule has 5 rings (SSSR count).